The number of sulfonamides is 1. The molecule has 0 aliphatic rings. The van der Waals surface area contributed by atoms with Crippen molar-refractivity contribution in [1.29, 1.82) is 0 Å². The molecule has 2 rings (SSSR count). The van der Waals surface area contributed by atoms with Crippen molar-refractivity contribution in [1.82, 2.24) is 4.72 Å². The SMILES string of the molecule is CCN(CCCNS(=O)(=O)c1ccc(C(C)=O)cc1)c1ccccc1. The van der Waals surface area contributed by atoms with Crippen molar-refractivity contribution in [3.05, 3.63) is 60.2 Å². The minimum atomic E-state index is -3.55. The van der Waals surface area contributed by atoms with Gasteiger partial charge in [-0.25, -0.2) is 13.1 Å². The molecule has 0 fully saturated rings. The average molecular weight is 360 g/mol. The Morgan fingerprint density at radius 2 is 1.68 bits per heavy atom. The van der Waals surface area contributed by atoms with E-state index in [2.05, 4.69) is 16.5 Å². The van der Waals surface area contributed by atoms with Gasteiger partial charge in [0, 0.05) is 30.9 Å². The molecule has 0 atom stereocenters. The summed E-state index contributed by atoms with van der Waals surface area (Å²) in [5.74, 6) is -0.0857. The molecule has 134 valence electrons. The molecular weight excluding hydrogens is 336 g/mol. The summed E-state index contributed by atoms with van der Waals surface area (Å²) >= 11 is 0. The zero-order valence-corrected chi connectivity index (χ0v) is 15.4. The van der Waals surface area contributed by atoms with Gasteiger partial charge < -0.3 is 4.90 Å². The van der Waals surface area contributed by atoms with Crippen molar-refractivity contribution in [3.8, 4) is 0 Å². The van der Waals surface area contributed by atoms with Crippen LogP contribution in [0.5, 0.6) is 0 Å². The van der Waals surface area contributed by atoms with Crippen LogP contribution in [-0.2, 0) is 10.0 Å². The summed E-state index contributed by atoms with van der Waals surface area (Å²) in [5.41, 5.74) is 1.63. The minimum absolute atomic E-state index is 0.0857. The van der Waals surface area contributed by atoms with Gasteiger partial charge in [-0.05, 0) is 44.5 Å². The van der Waals surface area contributed by atoms with E-state index in [1.807, 2.05) is 30.3 Å². The van der Waals surface area contributed by atoms with Crippen LogP contribution in [0.3, 0.4) is 0 Å². The summed E-state index contributed by atoms with van der Waals surface area (Å²) < 4.78 is 27.2. The number of ketones is 1. The number of hydrogen-bond donors (Lipinski definition) is 1. The van der Waals surface area contributed by atoms with Crippen LogP contribution in [0.1, 0.15) is 30.6 Å². The van der Waals surface area contributed by atoms with Crippen molar-refractivity contribution >= 4 is 21.5 Å². The van der Waals surface area contributed by atoms with Crippen LogP contribution < -0.4 is 9.62 Å². The van der Waals surface area contributed by atoms with Gasteiger partial charge in [-0.2, -0.15) is 0 Å². The molecule has 0 heterocycles. The van der Waals surface area contributed by atoms with Crippen molar-refractivity contribution in [2.45, 2.75) is 25.2 Å². The van der Waals surface area contributed by atoms with Gasteiger partial charge in [-0.3, -0.25) is 4.79 Å². The van der Waals surface area contributed by atoms with E-state index >= 15 is 0 Å². The Hall–Kier alpha value is -2.18. The van der Waals surface area contributed by atoms with Crippen LogP contribution in [0.15, 0.2) is 59.5 Å². The molecule has 0 radical (unpaired) electrons. The molecule has 6 heteroatoms. The second-order valence-corrected chi connectivity index (χ2v) is 7.51. The second kappa shape index (κ2) is 8.78. The molecule has 0 bridgehead atoms. The number of nitrogens with zero attached hydrogens (tertiary/aromatic N) is 1. The van der Waals surface area contributed by atoms with E-state index in [9.17, 15) is 13.2 Å². The number of anilines is 1. The largest absolute Gasteiger partial charge is 0.372 e. The fourth-order valence-electron chi connectivity index (χ4n) is 2.54. The summed E-state index contributed by atoms with van der Waals surface area (Å²) in [4.78, 5) is 13.6. The molecule has 0 aliphatic heterocycles. The lowest BCUT2D eigenvalue weighted by atomic mass is 10.2. The number of hydrogen-bond acceptors (Lipinski definition) is 4. The van der Waals surface area contributed by atoms with Gasteiger partial charge in [0.05, 0.1) is 4.90 Å². The summed E-state index contributed by atoms with van der Waals surface area (Å²) in [6.07, 6.45) is 0.702. The van der Waals surface area contributed by atoms with E-state index in [1.165, 1.54) is 31.2 Å². The molecule has 0 saturated heterocycles. The van der Waals surface area contributed by atoms with Crippen LogP contribution in [0, 0.1) is 0 Å². The van der Waals surface area contributed by atoms with Crippen molar-refractivity contribution in [2.24, 2.45) is 0 Å². The topological polar surface area (TPSA) is 66.5 Å². The summed E-state index contributed by atoms with van der Waals surface area (Å²) in [6.45, 7) is 5.53. The number of rotatable bonds is 9. The first-order valence-electron chi connectivity index (χ1n) is 8.34. The fourth-order valence-corrected chi connectivity index (χ4v) is 3.61. The number of nitrogens with one attached hydrogen (secondary N) is 1. The number of benzene rings is 2. The molecule has 0 aliphatic carbocycles. The molecule has 5 nitrogen and oxygen atoms in total. The summed E-state index contributed by atoms with van der Waals surface area (Å²) in [6, 6.07) is 16.0. The monoisotopic (exact) mass is 360 g/mol. The molecule has 25 heavy (non-hydrogen) atoms. The van der Waals surface area contributed by atoms with Crippen molar-refractivity contribution in [2.75, 3.05) is 24.5 Å². The normalized spacial score (nSPS) is 11.3. The Bertz CT molecular complexity index is 787. The Balaban J connectivity index is 1.88. The van der Waals surface area contributed by atoms with Crippen LogP contribution in [0.2, 0.25) is 0 Å². The fraction of sp³-hybridized carbons (Fsp3) is 0.316. The van der Waals surface area contributed by atoms with Gasteiger partial charge in [0.15, 0.2) is 5.78 Å². The van der Waals surface area contributed by atoms with Gasteiger partial charge in [-0.1, -0.05) is 30.3 Å². The third kappa shape index (κ3) is 5.41. The maximum absolute atomic E-state index is 12.3. The van der Waals surface area contributed by atoms with Gasteiger partial charge in [0.25, 0.3) is 0 Å². The average Bonchev–Trinajstić information content (AvgIpc) is 2.62. The zero-order chi connectivity index (χ0) is 18.3. The molecule has 2 aromatic rings. The number of carbonyl (C=O) groups excluding carboxylic acids is 1. The first-order valence-corrected chi connectivity index (χ1v) is 9.83. The van der Waals surface area contributed by atoms with E-state index in [1.54, 1.807) is 0 Å². The predicted octanol–water partition coefficient (Wildman–Crippen LogP) is 3.08. The lowest BCUT2D eigenvalue weighted by Gasteiger charge is -2.23. The molecular formula is C19H24N2O3S. The lowest BCUT2D eigenvalue weighted by molar-refractivity contribution is 0.101. The maximum Gasteiger partial charge on any atom is 0.240 e. The molecule has 0 aromatic heterocycles. The van der Waals surface area contributed by atoms with E-state index in [0.717, 1.165) is 18.8 Å². The highest BCUT2D eigenvalue weighted by atomic mass is 32.2. The van der Waals surface area contributed by atoms with Crippen molar-refractivity contribution < 1.29 is 13.2 Å². The smallest absolute Gasteiger partial charge is 0.240 e. The molecule has 2 aromatic carbocycles. The van der Waals surface area contributed by atoms with Gasteiger partial charge in [0.2, 0.25) is 10.0 Å². The van der Waals surface area contributed by atoms with Crippen LogP contribution >= 0.6 is 0 Å². The summed E-state index contributed by atoms with van der Waals surface area (Å²) in [5, 5.41) is 0. The molecule has 1 N–H and O–H groups in total. The Morgan fingerprint density at radius 1 is 1.04 bits per heavy atom. The van der Waals surface area contributed by atoms with Gasteiger partial charge in [0.1, 0.15) is 0 Å². The molecule has 0 spiro atoms. The van der Waals surface area contributed by atoms with Crippen LogP contribution in [0.4, 0.5) is 5.69 Å². The highest BCUT2D eigenvalue weighted by Crippen LogP contribution is 2.13. The highest BCUT2D eigenvalue weighted by molar-refractivity contribution is 7.89. The number of para-hydroxylation sites is 1. The van der Waals surface area contributed by atoms with E-state index in [0.29, 0.717) is 18.5 Å². The molecule has 0 saturated carbocycles. The second-order valence-electron chi connectivity index (χ2n) is 5.75. The Kier molecular flexibility index (Phi) is 6.73. The van der Waals surface area contributed by atoms with E-state index in [-0.39, 0.29) is 10.7 Å². The first kappa shape index (κ1) is 19.1. The van der Waals surface area contributed by atoms with Gasteiger partial charge >= 0.3 is 0 Å². The number of carbonyl (C=O) groups is 1. The van der Waals surface area contributed by atoms with Crippen LogP contribution in [-0.4, -0.2) is 33.8 Å². The van der Waals surface area contributed by atoms with Crippen LogP contribution in [0.25, 0.3) is 0 Å². The van der Waals surface area contributed by atoms with E-state index < -0.39 is 10.0 Å². The van der Waals surface area contributed by atoms with E-state index in [4.69, 9.17) is 0 Å². The van der Waals surface area contributed by atoms with Gasteiger partial charge in [-0.15, -0.1) is 0 Å². The zero-order valence-electron chi connectivity index (χ0n) is 14.6. The summed E-state index contributed by atoms with van der Waals surface area (Å²) in [7, 11) is -3.55. The highest BCUT2D eigenvalue weighted by Gasteiger charge is 2.14. The molecule has 0 unspecified atom stereocenters. The Labute approximate surface area is 149 Å². The van der Waals surface area contributed by atoms with Crippen molar-refractivity contribution in [3.63, 3.8) is 0 Å². The standard InChI is InChI=1S/C19H24N2O3S/c1-3-21(18-8-5-4-6-9-18)15-7-14-20-25(23,24)19-12-10-17(11-13-19)16(2)22/h4-6,8-13,20H,3,7,14-15H2,1-2H3. The molecule has 0 amide bonds. The minimum Gasteiger partial charge on any atom is -0.372 e. The lowest BCUT2D eigenvalue weighted by Crippen LogP contribution is -2.30. The number of Topliss-reactive ketones (excluding diaryl/α,β-unsaturated/α-hetero) is 1. The predicted molar refractivity (Wildman–Crippen MR) is 101 cm³/mol. The third-order valence-corrected chi connectivity index (χ3v) is 5.45. The third-order valence-electron chi connectivity index (χ3n) is 3.97. The Morgan fingerprint density at radius 3 is 2.24 bits per heavy atom. The maximum atomic E-state index is 12.3. The quantitative estimate of drug-likeness (QED) is 0.551. The first-order chi connectivity index (χ1) is 11.9.